The van der Waals surface area contributed by atoms with E-state index >= 15 is 0 Å². The van der Waals surface area contributed by atoms with Crippen LogP contribution in [-0.4, -0.2) is 41.9 Å². The van der Waals surface area contributed by atoms with Gasteiger partial charge in [0.1, 0.15) is 18.8 Å². The van der Waals surface area contributed by atoms with E-state index in [1.807, 2.05) is 27.7 Å². The topological polar surface area (TPSA) is 93.8 Å². The standard InChI is InChI=1S/C19H28FN5O3/c1-5-21-19(22-11-13(3)27-16-10-8-7-9-15(16)20)23-12-17-24-18(25-28-17)14(4)26-6-2/h7-10,13-14H,5-6,11-12H2,1-4H3,(H2,21,22,23). The molecule has 9 heteroatoms. The minimum absolute atomic E-state index is 0.223. The van der Waals surface area contributed by atoms with Crippen LogP contribution in [0.4, 0.5) is 4.39 Å². The van der Waals surface area contributed by atoms with Crippen LogP contribution in [-0.2, 0) is 11.3 Å². The molecule has 1 aromatic heterocycles. The Morgan fingerprint density at radius 3 is 2.75 bits per heavy atom. The number of nitrogens with zero attached hydrogens (tertiary/aromatic N) is 3. The molecule has 0 fully saturated rings. The number of aromatic nitrogens is 2. The van der Waals surface area contributed by atoms with Crippen molar-refractivity contribution in [2.75, 3.05) is 19.7 Å². The predicted molar refractivity (Wildman–Crippen MR) is 104 cm³/mol. The summed E-state index contributed by atoms with van der Waals surface area (Å²) in [5.41, 5.74) is 0. The van der Waals surface area contributed by atoms with Crippen LogP contribution in [0.25, 0.3) is 0 Å². The average molecular weight is 393 g/mol. The molecule has 0 aliphatic carbocycles. The van der Waals surface area contributed by atoms with Gasteiger partial charge in [-0.05, 0) is 39.8 Å². The van der Waals surface area contributed by atoms with Crippen molar-refractivity contribution in [3.63, 3.8) is 0 Å². The summed E-state index contributed by atoms with van der Waals surface area (Å²) in [5.74, 6) is 1.30. The van der Waals surface area contributed by atoms with Gasteiger partial charge >= 0.3 is 0 Å². The Morgan fingerprint density at radius 1 is 1.25 bits per heavy atom. The van der Waals surface area contributed by atoms with Crippen molar-refractivity contribution in [1.29, 1.82) is 0 Å². The van der Waals surface area contributed by atoms with Crippen molar-refractivity contribution < 1.29 is 18.4 Å². The number of rotatable bonds is 10. The summed E-state index contributed by atoms with van der Waals surface area (Å²) in [6.07, 6.45) is -0.489. The minimum Gasteiger partial charge on any atom is -0.486 e. The summed E-state index contributed by atoms with van der Waals surface area (Å²) in [6.45, 7) is 9.51. The first-order valence-electron chi connectivity index (χ1n) is 9.40. The molecule has 2 atom stereocenters. The average Bonchev–Trinajstić information content (AvgIpc) is 3.15. The number of para-hydroxylation sites is 1. The highest BCUT2D eigenvalue weighted by Gasteiger charge is 2.14. The van der Waals surface area contributed by atoms with Crippen LogP contribution in [0.3, 0.4) is 0 Å². The van der Waals surface area contributed by atoms with Crippen LogP contribution >= 0.6 is 0 Å². The van der Waals surface area contributed by atoms with Gasteiger partial charge in [0.25, 0.3) is 0 Å². The molecule has 2 N–H and O–H groups in total. The molecule has 2 rings (SSSR count). The summed E-state index contributed by atoms with van der Waals surface area (Å²) in [4.78, 5) is 8.72. The van der Waals surface area contributed by atoms with E-state index in [1.54, 1.807) is 18.2 Å². The van der Waals surface area contributed by atoms with E-state index in [2.05, 4.69) is 25.8 Å². The normalized spacial score (nSPS) is 13.8. The number of nitrogens with one attached hydrogen (secondary N) is 2. The van der Waals surface area contributed by atoms with Crippen LogP contribution in [0.15, 0.2) is 33.8 Å². The Bertz CT molecular complexity index is 753. The predicted octanol–water partition coefficient (Wildman–Crippen LogP) is 2.83. The quantitative estimate of drug-likeness (QED) is 0.473. The van der Waals surface area contributed by atoms with E-state index in [-0.39, 0.29) is 30.3 Å². The van der Waals surface area contributed by atoms with Crippen molar-refractivity contribution in [3.05, 3.63) is 41.8 Å². The second-order valence-corrected chi connectivity index (χ2v) is 6.08. The Labute approximate surface area is 164 Å². The van der Waals surface area contributed by atoms with Crippen molar-refractivity contribution in [3.8, 4) is 5.75 Å². The lowest BCUT2D eigenvalue weighted by Gasteiger charge is -2.17. The zero-order valence-electron chi connectivity index (χ0n) is 16.7. The molecule has 1 heterocycles. The molecule has 0 aliphatic rings. The van der Waals surface area contributed by atoms with E-state index in [9.17, 15) is 4.39 Å². The van der Waals surface area contributed by atoms with Crippen molar-refractivity contribution in [1.82, 2.24) is 20.8 Å². The lowest BCUT2D eigenvalue weighted by Crippen LogP contribution is -2.41. The number of hydrogen-bond donors (Lipinski definition) is 2. The third-order valence-electron chi connectivity index (χ3n) is 3.70. The van der Waals surface area contributed by atoms with Crippen LogP contribution in [0.2, 0.25) is 0 Å². The summed E-state index contributed by atoms with van der Waals surface area (Å²) >= 11 is 0. The first-order chi connectivity index (χ1) is 13.5. The summed E-state index contributed by atoms with van der Waals surface area (Å²) < 4.78 is 29.9. The first-order valence-corrected chi connectivity index (χ1v) is 9.40. The van der Waals surface area contributed by atoms with Crippen molar-refractivity contribution in [2.24, 2.45) is 4.99 Å². The summed E-state index contributed by atoms with van der Waals surface area (Å²) in [6, 6.07) is 6.32. The Hall–Kier alpha value is -2.68. The van der Waals surface area contributed by atoms with Gasteiger partial charge in [0, 0.05) is 13.2 Å². The summed E-state index contributed by atoms with van der Waals surface area (Å²) in [7, 11) is 0. The van der Waals surface area contributed by atoms with E-state index in [1.165, 1.54) is 6.07 Å². The van der Waals surface area contributed by atoms with Crippen LogP contribution < -0.4 is 15.4 Å². The van der Waals surface area contributed by atoms with Gasteiger partial charge in [-0.3, -0.25) is 0 Å². The minimum atomic E-state index is -0.386. The lowest BCUT2D eigenvalue weighted by atomic mass is 10.3. The molecule has 0 aliphatic heterocycles. The third-order valence-corrected chi connectivity index (χ3v) is 3.70. The molecular formula is C19H28FN5O3. The van der Waals surface area contributed by atoms with E-state index < -0.39 is 0 Å². The SMILES string of the molecule is CCNC(=NCc1nc(C(C)OCC)no1)NCC(C)Oc1ccccc1F. The van der Waals surface area contributed by atoms with Crippen molar-refractivity contribution in [2.45, 2.75) is 46.4 Å². The van der Waals surface area contributed by atoms with Gasteiger partial charge < -0.3 is 24.6 Å². The zero-order valence-corrected chi connectivity index (χ0v) is 16.7. The molecule has 2 aromatic rings. The molecule has 0 spiro atoms. The number of hydrogen-bond acceptors (Lipinski definition) is 6. The molecule has 28 heavy (non-hydrogen) atoms. The first kappa shape index (κ1) is 21.6. The second-order valence-electron chi connectivity index (χ2n) is 6.08. The number of halogens is 1. The Balaban J connectivity index is 1.89. The maximum Gasteiger partial charge on any atom is 0.248 e. The Morgan fingerprint density at radius 2 is 2.04 bits per heavy atom. The number of benzene rings is 1. The van der Waals surface area contributed by atoms with Gasteiger partial charge in [-0.1, -0.05) is 17.3 Å². The molecule has 0 radical (unpaired) electrons. The zero-order chi connectivity index (χ0) is 20.4. The monoisotopic (exact) mass is 393 g/mol. The van der Waals surface area contributed by atoms with E-state index in [0.29, 0.717) is 37.4 Å². The summed E-state index contributed by atoms with van der Waals surface area (Å²) in [5, 5.41) is 10.2. The van der Waals surface area contributed by atoms with Gasteiger partial charge in [0.05, 0.1) is 6.54 Å². The molecule has 8 nitrogen and oxygen atoms in total. The molecule has 2 unspecified atom stereocenters. The van der Waals surface area contributed by atoms with Gasteiger partial charge in [-0.25, -0.2) is 9.38 Å². The van der Waals surface area contributed by atoms with E-state index in [0.717, 1.165) is 0 Å². The highest BCUT2D eigenvalue weighted by atomic mass is 19.1. The number of aliphatic imine (C=N–C) groups is 1. The molecule has 0 amide bonds. The molecule has 0 bridgehead atoms. The molecule has 0 saturated heterocycles. The number of ether oxygens (including phenoxy) is 2. The highest BCUT2D eigenvalue weighted by Crippen LogP contribution is 2.16. The third kappa shape index (κ3) is 6.80. The van der Waals surface area contributed by atoms with E-state index in [4.69, 9.17) is 14.0 Å². The van der Waals surface area contributed by atoms with Gasteiger partial charge in [0.15, 0.2) is 23.4 Å². The van der Waals surface area contributed by atoms with Gasteiger partial charge in [-0.2, -0.15) is 4.98 Å². The smallest absolute Gasteiger partial charge is 0.248 e. The van der Waals surface area contributed by atoms with Crippen LogP contribution in [0.5, 0.6) is 5.75 Å². The molecule has 0 saturated carbocycles. The highest BCUT2D eigenvalue weighted by molar-refractivity contribution is 5.79. The molecular weight excluding hydrogens is 365 g/mol. The lowest BCUT2D eigenvalue weighted by molar-refractivity contribution is 0.0683. The van der Waals surface area contributed by atoms with Crippen LogP contribution in [0.1, 0.15) is 45.5 Å². The Kier molecular flexibility index (Phi) is 8.67. The second kappa shape index (κ2) is 11.2. The fourth-order valence-electron chi connectivity index (χ4n) is 2.35. The van der Waals surface area contributed by atoms with Gasteiger partial charge in [-0.15, -0.1) is 0 Å². The fraction of sp³-hybridized carbons (Fsp3) is 0.526. The fourth-order valence-corrected chi connectivity index (χ4v) is 2.35. The largest absolute Gasteiger partial charge is 0.486 e. The van der Waals surface area contributed by atoms with Crippen molar-refractivity contribution >= 4 is 5.96 Å². The molecule has 1 aromatic carbocycles. The van der Waals surface area contributed by atoms with Gasteiger partial charge in [0.2, 0.25) is 5.89 Å². The van der Waals surface area contributed by atoms with Crippen LogP contribution in [0, 0.1) is 5.82 Å². The number of guanidine groups is 1. The molecule has 154 valence electrons. The maximum absolute atomic E-state index is 13.7. The maximum atomic E-state index is 13.7.